The van der Waals surface area contributed by atoms with Crippen LogP contribution in [0.15, 0.2) is 28.2 Å². The largest absolute Gasteiger partial charge is 0.467 e. The van der Waals surface area contributed by atoms with E-state index in [2.05, 4.69) is 14.9 Å². The van der Waals surface area contributed by atoms with Gasteiger partial charge >= 0.3 is 0 Å². The van der Waals surface area contributed by atoms with Gasteiger partial charge in [0.1, 0.15) is 5.76 Å². The molecular formula is C17H20N4O3S. The molecule has 4 rings (SSSR count). The fourth-order valence-electron chi connectivity index (χ4n) is 3.43. The van der Waals surface area contributed by atoms with Gasteiger partial charge in [0, 0.05) is 17.5 Å². The Bertz CT molecular complexity index is 721. The van der Waals surface area contributed by atoms with Crippen molar-refractivity contribution in [2.75, 3.05) is 0 Å². The average molecular weight is 360 g/mol. The van der Waals surface area contributed by atoms with E-state index >= 15 is 0 Å². The van der Waals surface area contributed by atoms with Crippen molar-refractivity contribution in [2.45, 2.75) is 56.7 Å². The van der Waals surface area contributed by atoms with Crippen LogP contribution < -0.4 is 5.32 Å². The number of furan rings is 1. The maximum atomic E-state index is 13.0. The summed E-state index contributed by atoms with van der Waals surface area (Å²) in [6.45, 7) is 0. The van der Waals surface area contributed by atoms with Gasteiger partial charge in [-0.05, 0) is 49.3 Å². The van der Waals surface area contributed by atoms with Crippen molar-refractivity contribution in [3.8, 4) is 0 Å². The molecule has 2 aliphatic carbocycles. The highest BCUT2D eigenvalue weighted by atomic mass is 32.1. The van der Waals surface area contributed by atoms with Crippen LogP contribution in [0, 0.1) is 0 Å². The Balaban J connectivity index is 1.63. The molecule has 7 nitrogen and oxygen atoms in total. The number of nitrogens with zero attached hydrogens (tertiary/aromatic N) is 3. The zero-order chi connectivity index (χ0) is 17.2. The van der Waals surface area contributed by atoms with E-state index in [0.29, 0.717) is 5.76 Å². The number of hydrogen-bond acceptors (Lipinski definition) is 6. The quantitative estimate of drug-likeness (QED) is 0.855. The summed E-state index contributed by atoms with van der Waals surface area (Å²) in [7, 11) is 0. The molecule has 1 atom stereocenters. The predicted molar refractivity (Wildman–Crippen MR) is 90.9 cm³/mol. The van der Waals surface area contributed by atoms with E-state index in [1.54, 1.807) is 22.4 Å². The van der Waals surface area contributed by atoms with Gasteiger partial charge in [-0.25, -0.2) is 0 Å². The number of carbonyl (C=O) groups excluding carboxylic acids is 2. The van der Waals surface area contributed by atoms with Crippen molar-refractivity contribution in [3.05, 3.63) is 35.2 Å². The fourth-order valence-corrected chi connectivity index (χ4v) is 3.86. The van der Waals surface area contributed by atoms with Crippen LogP contribution in [-0.2, 0) is 4.79 Å². The number of carbonyl (C=O) groups is 2. The van der Waals surface area contributed by atoms with Gasteiger partial charge in [-0.1, -0.05) is 17.3 Å². The lowest BCUT2D eigenvalue weighted by Gasteiger charge is -2.30. The highest BCUT2D eigenvalue weighted by molar-refractivity contribution is 7.03. The molecule has 0 bridgehead atoms. The molecular weight excluding hydrogens is 340 g/mol. The van der Waals surface area contributed by atoms with Crippen molar-refractivity contribution in [1.29, 1.82) is 0 Å². The van der Waals surface area contributed by atoms with Crippen LogP contribution in [0.2, 0.25) is 0 Å². The Kier molecular flexibility index (Phi) is 4.52. The third-order valence-electron chi connectivity index (χ3n) is 4.79. The molecule has 0 radical (unpaired) electrons. The second-order valence-electron chi connectivity index (χ2n) is 6.64. The molecule has 2 fully saturated rings. The number of hydrogen-bond donors (Lipinski definition) is 1. The van der Waals surface area contributed by atoms with E-state index < -0.39 is 6.04 Å². The maximum Gasteiger partial charge on any atom is 0.276 e. The summed E-state index contributed by atoms with van der Waals surface area (Å²) in [6, 6.07) is 2.95. The van der Waals surface area contributed by atoms with E-state index in [1.807, 2.05) is 0 Å². The van der Waals surface area contributed by atoms with Gasteiger partial charge in [-0.3, -0.25) is 9.59 Å². The lowest BCUT2D eigenvalue weighted by atomic mass is 10.1. The van der Waals surface area contributed by atoms with Crippen molar-refractivity contribution >= 4 is 23.3 Å². The molecule has 0 spiro atoms. The smallest absolute Gasteiger partial charge is 0.276 e. The Morgan fingerprint density at radius 3 is 2.68 bits per heavy atom. The second kappa shape index (κ2) is 6.95. The number of aromatic nitrogens is 2. The lowest BCUT2D eigenvalue weighted by molar-refractivity contribution is -0.127. The monoisotopic (exact) mass is 360 g/mol. The minimum absolute atomic E-state index is 0.0404. The molecule has 0 saturated heterocycles. The van der Waals surface area contributed by atoms with Gasteiger partial charge in [0.05, 0.1) is 6.26 Å². The summed E-state index contributed by atoms with van der Waals surface area (Å²) >= 11 is 1.13. The molecule has 2 aromatic heterocycles. The summed E-state index contributed by atoms with van der Waals surface area (Å²) in [4.78, 5) is 27.6. The third-order valence-corrected chi connectivity index (χ3v) is 5.30. The molecule has 2 saturated carbocycles. The first-order valence-electron chi connectivity index (χ1n) is 8.67. The van der Waals surface area contributed by atoms with E-state index in [4.69, 9.17) is 4.42 Å². The Morgan fingerprint density at radius 1 is 1.28 bits per heavy atom. The number of nitrogens with one attached hydrogen (secondary N) is 1. The van der Waals surface area contributed by atoms with Gasteiger partial charge in [0.2, 0.25) is 0 Å². The molecule has 25 heavy (non-hydrogen) atoms. The Morgan fingerprint density at radius 2 is 2.08 bits per heavy atom. The molecule has 1 N–H and O–H groups in total. The van der Waals surface area contributed by atoms with E-state index in [9.17, 15) is 9.59 Å². The summed E-state index contributed by atoms with van der Waals surface area (Å²) < 4.78 is 9.30. The first-order chi connectivity index (χ1) is 12.2. The first-order valence-corrected chi connectivity index (χ1v) is 9.51. The highest BCUT2D eigenvalue weighted by Crippen LogP contribution is 2.36. The molecule has 2 amide bonds. The van der Waals surface area contributed by atoms with E-state index in [0.717, 1.165) is 50.1 Å². The van der Waals surface area contributed by atoms with Crippen LogP contribution in [0.25, 0.3) is 0 Å². The van der Waals surface area contributed by atoms with Crippen LogP contribution in [0.5, 0.6) is 0 Å². The van der Waals surface area contributed by atoms with Gasteiger partial charge in [0.15, 0.2) is 11.7 Å². The molecule has 132 valence electrons. The number of amides is 2. The van der Waals surface area contributed by atoms with Crippen molar-refractivity contribution in [2.24, 2.45) is 0 Å². The van der Waals surface area contributed by atoms with Crippen LogP contribution in [-0.4, -0.2) is 38.4 Å². The van der Waals surface area contributed by atoms with Gasteiger partial charge in [-0.2, -0.15) is 0 Å². The Hall–Kier alpha value is -2.22. The molecule has 2 heterocycles. The lowest BCUT2D eigenvalue weighted by Crippen LogP contribution is -2.47. The van der Waals surface area contributed by atoms with Crippen LogP contribution in [0.1, 0.15) is 60.8 Å². The minimum Gasteiger partial charge on any atom is -0.467 e. The Labute approximate surface area is 149 Å². The molecule has 8 heteroatoms. The molecule has 2 aliphatic rings. The van der Waals surface area contributed by atoms with Crippen molar-refractivity contribution in [1.82, 2.24) is 19.8 Å². The first kappa shape index (κ1) is 16.3. The summed E-state index contributed by atoms with van der Waals surface area (Å²) in [5, 5.41) is 8.61. The standard InChI is InChI=1S/C17H20N4O3S/c22-16(18-11-4-1-2-5-11)15(14-6-3-9-24-14)21(12-7-8-12)17(23)13-10-25-20-19-13/h3,6,9-12,15H,1-2,4-5,7-8H2,(H,18,22)/t15-/m0/s1. The van der Waals surface area contributed by atoms with E-state index in [-0.39, 0.29) is 29.6 Å². The average Bonchev–Trinajstić information content (AvgIpc) is 3.10. The zero-order valence-electron chi connectivity index (χ0n) is 13.8. The van der Waals surface area contributed by atoms with Crippen LogP contribution in [0.4, 0.5) is 0 Å². The third kappa shape index (κ3) is 3.44. The van der Waals surface area contributed by atoms with Crippen LogP contribution in [0.3, 0.4) is 0 Å². The van der Waals surface area contributed by atoms with Crippen molar-refractivity contribution < 1.29 is 14.0 Å². The van der Waals surface area contributed by atoms with E-state index in [1.165, 1.54) is 6.26 Å². The summed E-state index contributed by atoms with van der Waals surface area (Å²) in [6.07, 6.45) is 7.55. The maximum absolute atomic E-state index is 13.0. The summed E-state index contributed by atoms with van der Waals surface area (Å²) in [5.74, 6) is 0.0449. The normalized spacial score (nSPS) is 18.9. The minimum atomic E-state index is -0.766. The molecule has 0 aliphatic heterocycles. The fraction of sp³-hybridized carbons (Fsp3) is 0.529. The topological polar surface area (TPSA) is 88.3 Å². The predicted octanol–water partition coefficient (Wildman–Crippen LogP) is 2.54. The number of rotatable bonds is 6. The van der Waals surface area contributed by atoms with Crippen LogP contribution >= 0.6 is 11.5 Å². The molecule has 0 aromatic carbocycles. The van der Waals surface area contributed by atoms with Gasteiger partial charge in [-0.15, -0.1) is 5.10 Å². The zero-order valence-corrected chi connectivity index (χ0v) is 14.6. The van der Waals surface area contributed by atoms with Gasteiger partial charge < -0.3 is 14.6 Å². The highest BCUT2D eigenvalue weighted by Gasteiger charge is 2.44. The summed E-state index contributed by atoms with van der Waals surface area (Å²) in [5.41, 5.74) is 0.280. The SMILES string of the molecule is O=C(NC1CCCC1)[C@H](c1ccco1)N(C(=O)c1csnn1)C1CC1. The second-order valence-corrected chi connectivity index (χ2v) is 7.25. The van der Waals surface area contributed by atoms with Gasteiger partial charge in [0.25, 0.3) is 11.8 Å². The molecule has 2 aromatic rings. The van der Waals surface area contributed by atoms with Crippen molar-refractivity contribution in [3.63, 3.8) is 0 Å². The molecule has 0 unspecified atom stereocenters.